The van der Waals surface area contributed by atoms with E-state index in [9.17, 15) is 18.4 Å². The van der Waals surface area contributed by atoms with Crippen molar-refractivity contribution < 1.29 is 22.8 Å². The Morgan fingerprint density at radius 2 is 1.60 bits per heavy atom. The zero-order chi connectivity index (χ0) is 21.3. The minimum absolute atomic E-state index is 0.146. The van der Waals surface area contributed by atoms with Crippen LogP contribution in [-0.4, -0.2) is 11.8 Å². The minimum Gasteiger partial charge on any atom is -0.449 e. The number of halogens is 3. The molecule has 1 aromatic heterocycles. The average Bonchev–Trinajstić information content (AvgIpc) is 3.10. The first-order chi connectivity index (χ1) is 14.4. The van der Waals surface area contributed by atoms with E-state index in [-0.39, 0.29) is 27.7 Å². The van der Waals surface area contributed by atoms with Gasteiger partial charge in [0.05, 0.1) is 5.02 Å². The number of benzene rings is 3. The topological polar surface area (TPSA) is 71.3 Å². The second kappa shape index (κ2) is 7.96. The number of anilines is 2. The van der Waals surface area contributed by atoms with E-state index in [0.717, 1.165) is 18.2 Å². The number of para-hydroxylation sites is 1. The molecule has 0 fully saturated rings. The monoisotopic (exact) mass is 426 g/mol. The van der Waals surface area contributed by atoms with Crippen molar-refractivity contribution in [3.8, 4) is 0 Å². The first kappa shape index (κ1) is 19.6. The lowest BCUT2D eigenvalue weighted by molar-refractivity contribution is 0.0999. The molecule has 0 saturated heterocycles. The molecule has 3 aromatic carbocycles. The summed E-state index contributed by atoms with van der Waals surface area (Å²) in [6.07, 6.45) is 0. The Morgan fingerprint density at radius 3 is 2.33 bits per heavy atom. The fraction of sp³-hybridized carbons (Fsp3) is 0. The Hall–Kier alpha value is -3.71. The molecule has 150 valence electrons. The fourth-order valence-corrected chi connectivity index (χ4v) is 3.06. The third-order valence-electron chi connectivity index (χ3n) is 4.32. The summed E-state index contributed by atoms with van der Waals surface area (Å²) in [4.78, 5) is 25.4. The highest BCUT2D eigenvalue weighted by molar-refractivity contribution is 6.31. The lowest BCUT2D eigenvalue weighted by Crippen LogP contribution is -2.17. The summed E-state index contributed by atoms with van der Waals surface area (Å²) in [7, 11) is 0. The summed E-state index contributed by atoms with van der Waals surface area (Å²) >= 11 is 5.75. The van der Waals surface area contributed by atoms with E-state index in [1.54, 1.807) is 24.3 Å². The Labute approximate surface area is 174 Å². The molecule has 4 aromatic rings. The van der Waals surface area contributed by atoms with E-state index in [1.807, 2.05) is 0 Å². The van der Waals surface area contributed by atoms with Crippen LogP contribution in [0.4, 0.5) is 20.2 Å². The summed E-state index contributed by atoms with van der Waals surface area (Å²) in [6, 6.07) is 15.5. The molecule has 0 unspecified atom stereocenters. The van der Waals surface area contributed by atoms with Crippen LogP contribution < -0.4 is 10.6 Å². The van der Waals surface area contributed by atoms with Crippen LogP contribution in [-0.2, 0) is 0 Å². The number of hydrogen-bond acceptors (Lipinski definition) is 3. The number of carbonyl (C=O) groups excluding carboxylic acids is 2. The number of carbonyl (C=O) groups is 2. The Kier molecular flexibility index (Phi) is 5.20. The van der Waals surface area contributed by atoms with Crippen LogP contribution >= 0.6 is 11.6 Å². The second-order valence-corrected chi connectivity index (χ2v) is 6.75. The van der Waals surface area contributed by atoms with E-state index in [0.29, 0.717) is 11.0 Å². The molecule has 0 spiro atoms. The van der Waals surface area contributed by atoms with Crippen LogP contribution in [0.15, 0.2) is 71.1 Å². The number of amides is 2. The van der Waals surface area contributed by atoms with Crippen molar-refractivity contribution in [3.63, 3.8) is 0 Å². The van der Waals surface area contributed by atoms with Crippen LogP contribution in [0.1, 0.15) is 20.9 Å². The fourth-order valence-electron chi connectivity index (χ4n) is 2.88. The Bertz CT molecular complexity index is 1270. The van der Waals surface area contributed by atoms with Crippen molar-refractivity contribution in [1.29, 1.82) is 0 Å². The van der Waals surface area contributed by atoms with Crippen molar-refractivity contribution >= 4 is 45.8 Å². The smallest absolute Gasteiger partial charge is 0.293 e. The van der Waals surface area contributed by atoms with E-state index < -0.39 is 23.4 Å². The Morgan fingerprint density at radius 1 is 0.867 bits per heavy atom. The Balaban J connectivity index is 1.69. The first-order valence-corrected chi connectivity index (χ1v) is 9.15. The highest BCUT2D eigenvalue weighted by Gasteiger charge is 2.23. The summed E-state index contributed by atoms with van der Waals surface area (Å²) in [5.74, 6) is -2.44. The van der Waals surface area contributed by atoms with Crippen LogP contribution in [0.3, 0.4) is 0 Å². The molecule has 30 heavy (non-hydrogen) atoms. The van der Waals surface area contributed by atoms with Crippen LogP contribution in [0.2, 0.25) is 5.02 Å². The minimum atomic E-state index is -0.664. The molecule has 0 bridgehead atoms. The number of rotatable bonds is 4. The molecule has 0 aliphatic heterocycles. The van der Waals surface area contributed by atoms with Crippen molar-refractivity contribution in [3.05, 3.63) is 94.7 Å². The molecule has 2 N–H and O–H groups in total. The van der Waals surface area contributed by atoms with Crippen LogP contribution in [0.5, 0.6) is 0 Å². The van der Waals surface area contributed by atoms with E-state index in [2.05, 4.69) is 10.6 Å². The van der Waals surface area contributed by atoms with Gasteiger partial charge < -0.3 is 15.1 Å². The van der Waals surface area contributed by atoms with Crippen molar-refractivity contribution in [2.24, 2.45) is 0 Å². The van der Waals surface area contributed by atoms with Crippen molar-refractivity contribution in [2.45, 2.75) is 0 Å². The van der Waals surface area contributed by atoms with Crippen molar-refractivity contribution in [1.82, 2.24) is 0 Å². The molecular formula is C22H13ClF2N2O3. The molecule has 0 atom stereocenters. The first-order valence-electron chi connectivity index (χ1n) is 8.77. The molecule has 0 aliphatic carbocycles. The highest BCUT2D eigenvalue weighted by atomic mass is 35.5. The van der Waals surface area contributed by atoms with Gasteiger partial charge in [-0.05, 0) is 54.6 Å². The van der Waals surface area contributed by atoms with E-state index >= 15 is 0 Å². The van der Waals surface area contributed by atoms with Gasteiger partial charge in [-0.1, -0.05) is 23.7 Å². The summed E-state index contributed by atoms with van der Waals surface area (Å²) in [5, 5.41) is 5.58. The normalized spacial score (nSPS) is 10.8. The predicted molar refractivity (Wildman–Crippen MR) is 110 cm³/mol. The zero-order valence-electron chi connectivity index (χ0n) is 15.2. The molecule has 0 radical (unpaired) electrons. The third kappa shape index (κ3) is 3.88. The maximum Gasteiger partial charge on any atom is 0.293 e. The molecule has 8 heteroatoms. The second-order valence-electron chi connectivity index (χ2n) is 6.35. The van der Waals surface area contributed by atoms with Gasteiger partial charge in [0.25, 0.3) is 11.8 Å². The molecule has 4 rings (SSSR count). The van der Waals surface area contributed by atoms with Gasteiger partial charge in [-0.15, -0.1) is 0 Å². The van der Waals surface area contributed by atoms with E-state index in [4.69, 9.17) is 16.0 Å². The quantitative estimate of drug-likeness (QED) is 0.428. The summed E-state index contributed by atoms with van der Waals surface area (Å²) in [6.45, 7) is 0. The molecule has 0 aliphatic rings. The highest BCUT2D eigenvalue weighted by Crippen LogP contribution is 2.32. The third-order valence-corrected chi connectivity index (χ3v) is 4.61. The van der Waals surface area contributed by atoms with Gasteiger partial charge in [-0.2, -0.15) is 0 Å². The van der Waals surface area contributed by atoms with Crippen molar-refractivity contribution in [2.75, 3.05) is 10.6 Å². The van der Waals surface area contributed by atoms with Crippen LogP contribution in [0.25, 0.3) is 11.0 Å². The van der Waals surface area contributed by atoms with Gasteiger partial charge >= 0.3 is 0 Å². The van der Waals surface area contributed by atoms with Gasteiger partial charge in [-0.25, -0.2) is 8.78 Å². The van der Waals surface area contributed by atoms with Gasteiger partial charge in [0.2, 0.25) is 5.76 Å². The average molecular weight is 427 g/mol. The van der Waals surface area contributed by atoms with Gasteiger partial charge in [0, 0.05) is 16.6 Å². The molecule has 0 saturated carbocycles. The summed E-state index contributed by atoms with van der Waals surface area (Å²) in [5.41, 5.74) is 1.00. The predicted octanol–water partition coefficient (Wildman–Crippen LogP) is 5.87. The number of furan rings is 1. The molecule has 2 amide bonds. The van der Waals surface area contributed by atoms with E-state index in [1.165, 1.54) is 24.3 Å². The summed E-state index contributed by atoms with van der Waals surface area (Å²) < 4.78 is 32.1. The lowest BCUT2D eigenvalue weighted by atomic mass is 10.1. The maximum absolute atomic E-state index is 13.4. The number of nitrogens with one attached hydrogen (secondary N) is 2. The standard InChI is InChI=1S/C22H13ClF2N2O3/c23-16-11-14(9-10-17(16)25)26-22(29)20-19(15-3-1-2-4-18(15)30-20)27-21(28)12-5-7-13(24)8-6-12/h1-11H,(H,26,29)(H,27,28). The van der Waals surface area contributed by atoms with Gasteiger partial charge in [0.15, 0.2) is 0 Å². The molecular weight excluding hydrogens is 414 g/mol. The van der Waals surface area contributed by atoms with Gasteiger partial charge in [0.1, 0.15) is 22.9 Å². The lowest BCUT2D eigenvalue weighted by Gasteiger charge is -2.08. The number of fused-ring (bicyclic) bond motifs is 1. The van der Waals surface area contributed by atoms with Gasteiger partial charge in [-0.3, -0.25) is 9.59 Å². The van der Waals surface area contributed by atoms with Crippen LogP contribution in [0, 0.1) is 11.6 Å². The number of hydrogen-bond donors (Lipinski definition) is 2. The largest absolute Gasteiger partial charge is 0.449 e. The molecule has 1 heterocycles. The molecule has 5 nitrogen and oxygen atoms in total. The maximum atomic E-state index is 13.4. The SMILES string of the molecule is O=C(Nc1c(C(=O)Nc2ccc(F)c(Cl)c2)oc2ccccc12)c1ccc(F)cc1. The zero-order valence-corrected chi connectivity index (χ0v) is 16.0.